The van der Waals surface area contributed by atoms with E-state index in [9.17, 15) is 22.8 Å². The zero-order valence-corrected chi connectivity index (χ0v) is 11.3. The summed E-state index contributed by atoms with van der Waals surface area (Å²) in [4.78, 5) is 0. The van der Waals surface area contributed by atoms with E-state index in [0.29, 0.717) is 0 Å². The number of aromatic nitrogens is 2. The van der Waals surface area contributed by atoms with Crippen LogP contribution in [0.3, 0.4) is 0 Å². The number of benzene rings is 1. The number of rotatable bonds is 1. The molecule has 1 unspecified atom stereocenters. The molecule has 0 bridgehead atoms. The molecule has 0 radical (unpaired) electrons. The minimum atomic E-state index is -4.78. The van der Waals surface area contributed by atoms with Crippen LogP contribution in [0.15, 0.2) is 35.7 Å². The zero-order chi connectivity index (χ0) is 16.8. The summed E-state index contributed by atoms with van der Waals surface area (Å²) < 4.78 is 58.6. The van der Waals surface area contributed by atoms with Crippen LogP contribution in [0, 0.1) is 17.1 Å². The van der Waals surface area contributed by atoms with Gasteiger partial charge in [0.2, 0.25) is 11.8 Å². The first-order valence-corrected chi connectivity index (χ1v) is 6.32. The maximum Gasteiger partial charge on any atom is 0.433 e. The van der Waals surface area contributed by atoms with Crippen molar-refractivity contribution in [3.63, 3.8) is 0 Å². The summed E-state index contributed by atoms with van der Waals surface area (Å²) in [7, 11) is 0. The molecule has 23 heavy (non-hydrogen) atoms. The van der Waals surface area contributed by atoms with E-state index in [0.717, 1.165) is 6.07 Å². The van der Waals surface area contributed by atoms with Gasteiger partial charge in [-0.3, -0.25) is 5.10 Å². The van der Waals surface area contributed by atoms with E-state index in [2.05, 4.69) is 5.10 Å². The Morgan fingerprint density at radius 3 is 2.61 bits per heavy atom. The van der Waals surface area contributed by atoms with E-state index in [-0.39, 0.29) is 11.1 Å². The van der Waals surface area contributed by atoms with Gasteiger partial charge in [0, 0.05) is 5.56 Å². The second kappa shape index (κ2) is 5.01. The number of nitrogens with one attached hydrogen (secondary N) is 1. The van der Waals surface area contributed by atoms with Crippen LogP contribution in [0.4, 0.5) is 17.6 Å². The number of hydrogen-bond acceptors (Lipinski definition) is 4. The van der Waals surface area contributed by atoms with Crippen molar-refractivity contribution in [1.29, 1.82) is 5.26 Å². The molecule has 0 saturated carbocycles. The zero-order valence-electron chi connectivity index (χ0n) is 11.3. The molecule has 0 aliphatic carbocycles. The van der Waals surface area contributed by atoms with Crippen LogP contribution in [0.2, 0.25) is 0 Å². The highest BCUT2D eigenvalue weighted by atomic mass is 19.4. The summed E-state index contributed by atoms with van der Waals surface area (Å²) in [6.07, 6.45) is -4.78. The number of nitrogens with zero attached hydrogens (tertiary/aromatic N) is 2. The number of hydrogen-bond donors (Lipinski definition) is 2. The second-order valence-electron chi connectivity index (χ2n) is 4.76. The molecule has 2 aromatic rings. The van der Waals surface area contributed by atoms with Crippen molar-refractivity contribution >= 4 is 0 Å². The number of nitrogens with two attached hydrogens (primary N) is 1. The lowest BCUT2D eigenvalue weighted by atomic mass is 9.83. The van der Waals surface area contributed by atoms with Gasteiger partial charge in [0.25, 0.3) is 0 Å². The SMILES string of the molecule is N#CC1=C(N)Oc2n[nH]c(C(F)(F)F)c2C1c1ccccc1F. The average molecular weight is 324 g/mol. The first kappa shape index (κ1) is 14.9. The van der Waals surface area contributed by atoms with Crippen molar-refractivity contribution in [2.45, 2.75) is 12.1 Å². The molecule has 0 fully saturated rings. The van der Waals surface area contributed by atoms with Gasteiger partial charge in [-0.05, 0) is 6.07 Å². The maximum absolute atomic E-state index is 14.1. The number of alkyl halides is 3. The first-order chi connectivity index (χ1) is 10.8. The Labute approximate surface area is 127 Å². The van der Waals surface area contributed by atoms with Gasteiger partial charge in [-0.2, -0.15) is 18.4 Å². The third-order valence-electron chi connectivity index (χ3n) is 3.44. The fourth-order valence-electron chi connectivity index (χ4n) is 2.48. The van der Waals surface area contributed by atoms with Crippen molar-refractivity contribution in [3.8, 4) is 11.9 Å². The summed E-state index contributed by atoms with van der Waals surface area (Å²) in [5, 5.41) is 14.5. The van der Waals surface area contributed by atoms with Gasteiger partial charge in [0.1, 0.15) is 23.2 Å². The third kappa shape index (κ3) is 2.28. The van der Waals surface area contributed by atoms with Crippen molar-refractivity contribution < 1.29 is 22.3 Å². The van der Waals surface area contributed by atoms with E-state index in [1.54, 1.807) is 6.07 Å². The summed E-state index contributed by atoms with van der Waals surface area (Å²) in [6.45, 7) is 0. The molecule has 1 aromatic heterocycles. The molecule has 2 heterocycles. The highest BCUT2D eigenvalue weighted by molar-refractivity contribution is 5.55. The lowest BCUT2D eigenvalue weighted by molar-refractivity contribution is -0.141. The van der Waals surface area contributed by atoms with E-state index in [4.69, 9.17) is 10.5 Å². The fourth-order valence-corrected chi connectivity index (χ4v) is 2.48. The van der Waals surface area contributed by atoms with Gasteiger partial charge >= 0.3 is 6.18 Å². The molecule has 5 nitrogen and oxygen atoms in total. The van der Waals surface area contributed by atoms with Gasteiger partial charge in [-0.15, -0.1) is 5.10 Å². The van der Waals surface area contributed by atoms with Crippen LogP contribution in [0.1, 0.15) is 22.7 Å². The molecule has 3 rings (SSSR count). The molecule has 0 amide bonds. The predicted molar refractivity (Wildman–Crippen MR) is 69.3 cm³/mol. The predicted octanol–water partition coefficient (Wildman–Crippen LogP) is 2.79. The Balaban J connectivity index is 2.31. The van der Waals surface area contributed by atoms with Crippen LogP contribution in [-0.2, 0) is 6.18 Å². The van der Waals surface area contributed by atoms with Crippen molar-refractivity contribution in [3.05, 3.63) is 58.4 Å². The minimum absolute atomic E-state index is 0.122. The second-order valence-corrected chi connectivity index (χ2v) is 4.76. The standard InChI is InChI=1S/C14H8F4N4O/c15-8-4-2-1-3-6(8)9-7(5-19)12(20)23-13-10(9)11(21-22-13)14(16,17)18/h1-4,9H,20H2,(H,21,22). The Morgan fingerprint density at radius 2 is 2.00 bits per heavy atom. The summed E-state index contributed by atoms with van der Waals surface area (Å²) >= 11 is 0. The highest BCUT2D eigenvalue weighted by Crippen LogP contribution is 2.47. The number of aromatic amines is 1. The van der Waals surface area contributed by atoms with Crippen molar-refractivity contribution in [2.75, 3.05) is 0 Å². The third-order valence-corrected chi connectivity index (χ3v) is 3.44. The number of allylic oxidation sites excluding steroid dienone is 1. The molecule has 0 spiro atoms. The van der Waals surface area contributed by atoms with E-state index in [1.165, 1.54) is 18.2 Å². The Kier molecular flexibility index (Phi) is 3.25. The monoisotopic (exact) mass is 324 g/mol. The fraction of sp³-hybridized carbons (Fsp3) is 0.143. The molecule has 1 atom stereocenters. The largest absolute Gasteiger partial charge is 0.433 e. The average Bonchev–Trinajstić information content (AvgIpc) is 2.90. The highest BCUT2D eigenvalue weighted by Gasteiger charge is 2.44. The normalized spacial score (nSPS) is 17.4. The lowest BCUT2D eigenvalue weighted by Gasteiger charge is -2.24. The smallest absolute Gasteiger partial charge is 0.420 e. The van der Waals surface area contributed by atoms with Gasteiger partial charge < -0.3 is 10.5 Å². The summed E-state index contributed by atoms with van der Waals surface area (Å²) in [5.74, 6) is -2.96. The molecule has 3 N–H and O–H groups in total. The Morgan fingerprint density at radius 1 is 1.30 bits per heavy atom. The molecule has 1 aliphatic rings. The van der Waals surface area contributed by atoms with Crippen molar-refractivity contribution in [2.24, 2.45) is 5.73 Å². The molecular formula is C14H8F4N4O. The number of fused-ring (bicyclic) bond motifs is 1. The first-order valence-electron chi connectivity index (χ1n) is 6.32. The minimum Gasteiger partial charge on any atom is -0.420 e. The summed E-state index contributed by atoms with van der Waals surface area (Å²) in [6, 6.07) is 6.90. The molecule has 1 aromatic carbocycles. The number of nitriles is 1. The summed E-state index contributed by atoms with van der Waals surface area (Å²) in [5.41, 5.74) is 3.47. The van der Waals surface area contributed by atoms with Crippen LogP contribution in [-0.4, -0.2) is 10.2 Å². The van der Waals surface area contributed by atoms with Crippen LogP contribution in [0.25, 0.3) is 0 Å². The Hall–Kier alpha value is -3.02. The van der Waals surface area contributed by atoms with Gasteiger partial charge in [0.05, 0.1) is 11.5 Å². The topological polar surface area (TPSA) is 87.7 Å². The van der Waals surface area contributed by atoms with Gasteiger partial charge in [-0.1, -0.05) is 18.2 Å². The quantitative estimate of drug-likeness (QED) is 0.790. The molecule has 1 aliphatic heterocycles. The molecule has 0 saturated heterocycles. The molecule has 9 heteroatoms. The Bertz CT molecular complexity index is 847. The lowest BCUT2D eigenvalue weighted by Crippen LogP contribution is -2.23. The van der Waals surface area contributed by atoms with E-state index in [1.807, 2.05) is 5.10 Å². The molecular weight excluding hydrogens is 316 g/mol. The van der Waals surface area contributed by atoms with Crippen LogP contribution >= 0.6 is 0 Å². The van der Waals surface area contributed by atoms with E-state index >= 15 is 0 Å². The van der Waals surface area contributed by atoms with Crippen LogP contribution in [0.5, 0.6) is 5.88 Å². The van der Waals surface area contributed by atoms with E-state index < -0.39 is 40.9 Å². The van der Waals surface area contributed by atoms with Crippen LogP contribution < -0.4 is 10.5 Å². The number of halogens is 4. The molecule has 118 valence electrons. The van der Waals surface area contributed by atoms with Crippen molar-refractivity contribution in [1.82, 2.24) is 10.2 Å². The number of ether oxygens (including phenoxy) is 1. The van der Waals surface area contributed by atoms with Gasteiger partial charge in [-0.25, -0.2) is 4.39 Å². The number of H-pyrrole nitrogens is 1. The maximum atomic E-state index is 14.1. The van der Waals surface area contributed by atoms with Gasteiger partial charge in [0.15, 0.2) is 0 Å².